The molecule has 2 aromatic carbocycles. The minimum Gasteiger partial charge on any atom is -0.395 e. The van der Waals surface area contributed by atoms with Crippen LogP contribution in [0.25, 0.3) is 0 Å². The molecule has 0 saturated heterocycles. The van der Waals surface area contributed by atoms with Crippen LogP contribution in [0.4, 0.5) is 22.7 Å². The number of hydrogen-bond acceptors (Lipinski definition) is 7. The molecule has 2 aromatic rings. The first-order valence-corrected chi connectivity index (χ1v) is 8.19. The molecule has 2 rings (SSSR count). The van der Waals surface area contributed by atoms with E-state index in [4.69, 9.17) is 22.0 Å². The van der Waals surface area contributed by atoms with E-state index >= 15 is 0 Å². The fourth-order valence-electron chi connectivity index (χ4n) is 2.20. The second-order valence-corrected chi connectivity index (χ2v) is 5.75. The maximum Gasteiger partial charge on any atom is 0.271 e. The second-order valence-electron chi connectivity index (χ2n) is 5.35. The molecule has 0 unspecified atom stereocenters. The summed E-state index contributed by atoms with van der Waals surface area (Å²) in [5.74, 6) is -0.407. The van der Waals surface area contributed by atoms with Crippen LogP contribution in [0.15, 0.2) is 36.4 Å². The van der Waals surface area contributed by atoms with Crippen LogP contribution in [0.5, 0.6) is 0 Å². The van der Waals surface area contributed by atoms with Crippen LogP contribution in [0.1, 0.15) is 5.56 Å². The van der Waals surface area contributed by atoms with Crippen LogP contribution in [0, 0.1) is 21.4 Å². The number of nitriles is 1. The molecule has 4 N–H and O–H groups in total. The molecule has 0 spiro atoms. The second kappa shape index (κ2) is 9.38. The maximum atomic E-state index is 12.1. The Morgan fingerprint density at radius 3 is 2.63 bits per heavy atom. The first-order valence-electron chi connectivity index (χ1n) is 7.81. The highest BCUT2D eigenvalue weighted by Gasteiger charge is 2.12. The Hall–Kier alpha value is -3.35. The van der Waals surface area contributed by atoms with Crippen molar-refractivity contribution >= 4 is 40.3 Å². The summed E-state index contributed by atoms with van der Waals surface area (Å²) >= 11 is 5.92. The van der Waals surface area contributed by atoms with Crippen molar-refractivity contribution in [2.24, 2.45) is 0 Å². The number of hydrogen-bond donors (Lipinski definition) is 4. The molecule has 0 aliphatic rings. The van der Waals surface area contributed by atoms with E-state index in [1.165, 1.54) is 30.3 Å². The standard InChI is InChI=1S/C17H16ClN5O4/c18-14-7-12(2-1-11(14)9-19)22-17(25)10-21-16-8-13(23(26)27)3-4-15(16)20-5-6-24/h1-4,7-8,20-21,24H,5-6,10H2,(H,22,25). The smallest absolute Gasteiger partial charge is 0.271 e. The number of nitro groups is 1. The first kappa shape index (κ1) is 20.0. The summed E-state index contributed by atoms with van der Waals surface area (Å²) < 4.78 is 0. The van der Waals surface area contributed by atoms with Crippen molar-refractivity contribution in [3.8, 4) is 6.07 Å². The highest BCUT2D eigenvalue weighted by Crippen LogP contribution is 2.27. The number of aliphatic hydroxyl groups is 1. The van der Waals surface area contributed by atoms with Gasteiger partial charge in [0.05, 0.1) is 40.0 Å². The highest BCUT2D eigenvalue weighted by molar-refractivity contribution is 6.32. The number of halogens is 1. The van der Waals surface area contributed by atoms with Crippen molar-refractivity contribution < 1.29 is 14.8 Å². The van der Waals surface area contributed by atoms with Gasteiger partial charge >= 0.3 is 0 Å². The van der Waals surface area contributed by atoms with E-state index < -0.39 is 10.8 Å². The minimum absolute atomic E-state index is 0.115. The van der Waals surface area contributed by atoms with Gasteiger partial charge in [0.15, 0.2) is 0 Å². The van der Waals surface area contributed by atoms with Crippen LogP contribution >= 0.6 is 11.6 Å². The monoisotopic (exact) mass is 389 g/mol. The Morgan fingerprint density at radius 1 is 1.22 bits per heavy atom. The molecule has 0 aliphatic carbocycles. The first-order chi connectivity index (χ1) is 12.9. The lowest BCUT2D eigenvalue weighted by molar-refractivity contribution is -0.384. The number of nitrogens with one attached hydrogen (secondary N) is 3. The summed E-state index contributed by atoms with van der Waals surface area (Å²) in [4.78, 5) is 22.5. The SMILES string of the molecule is N#Cc1ccc(NC(=O)CNc2cc([N+](=O)[O-])ccc2NCCO)cc1Cl. The van der Waals surface area contributed by atoms with Crippen molar-refractivity contribution in [2.75, 3.05) is 35.6 Å². The Morgan fingerprint density at radius 2 is 2.00 bits per heavy atom. The van der Waals surface area contributed by atoms with Gasteiger partial charge in [0.25, 0.3) is 5.69 Å². The lowest BCUT2D eigenvalue weighted by Gasteiger charge is -2.13. The molecule has 0 saturated carbocycles. The maximum absolute atomic E-state index is 12.1. The molecule has 0 bridgehead atoms. The van der Waals surface area contributed by atoms with Gasteiger partial charge in [-0.3, -0.25) is 14.9 Å². The van der Waals surface area contributed by atoms with Crippen LogP contribution in [-0.4, -0.2) is 35.6 Å². The lowest BCUT2D eigenvalue weighted by Crippen LogP contribution is -2.22. The fourth-order valence-corrected chi connectivity index (χ4v) is 2.42. The van der Waals surface area contributed by atoms with E-state index in [9.17, 15) is 14.9 Å². The highest BCUT2D eigenvalue weighted by atomic mass is 35.5. The largest absolute Gasteiger partial charge is 0.395 e. The Bertz CT molecular complexity index is 897. The number of nitro benzene ring substituents is 1. The summed E-state index contributed by atoms with van der Waals surface area (Å²) in [6.45, 7) is -0.0224. The van der Waals surface area contributed by atoms with Crippen LogP contribution in [0.3, 0.4) is 0 Å². The molecule has 0 aromatic heterocycles. The molecule has 9 nitrogen and oxygen atoms in total. The van der Waals surface area contributed by atoms with Gasteiger partial charge in [-0.05, 0) is 24.3 Å². The summed E-state index contributed by atoms with van der Waals surface area (Å²) in [7, 11) is 0. The Kier molecular flexibility index (Phi) is 6.93. The fraction of sp³-hybridized carbons (Fsp3) is 0.176. The number of rotatable bonds is 8. The number of non-ortho nitro benzene ring substituents is 1. The normalized spacial score (nSPS) is 9.96. The van der Waals surface area contributed by atoms with Gasteiger partial charge in [-0.1, -0.05) is 11.6 Å². The third-order valence-electron chi connectivity index (χ3n) is 3.45. The summed E-state index contributed by atoms with van der Waals surface area (Å²) in [5, 5.41) is 37.3. The van der Waals surface area contributed by atoms with Crippen molar-refractivity contribution in [3.05, 3.63) is 57.1 Å². The zero-order valence-electron chi connectivity index (χ0n) is 14.0. The zero-order valence-corrected chi connectivity index (χ0v) is 14.8. The Balaban J connectivity index is 2.06. The van der Waals surface area contributed by atoms with E-state index in [-0.39, 0.29) is 30.4 Å². The predicted octanol–water partition coefficient (Wildman–Crippen LogP) is 2.57. The van der Waals surface area contributed by atoms with E-state index in [0.29, 0.717) is 22.6 Å². The molecule has 27 heavy (non-hydrogen) atoms. The summed E-state index contributed by atoms with van der Waals surface area (Å²) in [5.41, 5.74) is 1.45. The van der Waals surface area contributed by atoms with Gasteiger partial charge < -0.3 is 21.1 Å². The van der Waals surface area contributed by atoms with Gasteiger partial charge in [0.2, 0.25) is 5.91 Å². The summed E-state index contributed by atoms with van der Waals surface area (Å²) in [6.07, 6.45) is 0. The molecule has 10 heteroatoms. The van der Waals surface area contributed by atoms with E-state index in [1.54, 1.807) is 6.07 Å². The average molecular weight is 390 g/mol. The number of amides is 1. The van der Waals surface area contributed by atoms with Gasteiger partial charge in [-0.25, -0.2) is 0 Å². The van der Waals surface area contributed by atoms with Crippen molar-refractivity contribution in [1.82, 2.24) is 0 Å². The van der Waals surface area contributed by atoms with E-state index in [2.05, 4.69) is 16.0 Å². The quantitative estimate of drug-likeness (QED) is 0.401. The molecular weight excluding hydrogens is 374 g/mol. The minimum atomic E-state index is -0.542. The number of aliphatic hydroxyl groups excluding tert-OH is 1. The number of benzene rings is 2. The van der Waals surface area contributed by atoms with Crippen molar-refractivity contribution in [2.45, 2.75) is 0 Å². The molecule has 0 fully saturated rings. The van der Waals surface area contributed by atoms with Crippen molar-refractivity contribution in [3.63, 3.8) is 0 Å². The van der Waals surface area contributed by atoms with E-state index in [1.807, 2.05) is 6.07 Å². The number of nitrogens with zero attached hydrogens (tertiary/aromatic N) is 2. The predicted molar refractivity (Wildman–Crippen MR) is 102 cm³/mol. The molecule has 0 atom stereocenters. The zero-order chi connectivity index (χ0) is 19.8. The molecule has 140 valence electrons. The van der Waals surface area contributed by atoms with Gasteiger partial charge in [0.1, 0.15) is 6.07 Å². The number of carbonyl (C=O) groups excluding carboxylic acids is 1. The third-order valence-corrected chi connectivity index (χ3v) is 3.77. The number of anilines is 3. The molecule has 1 amide bonds. The lowest BCUT2D eigenvalue weighted by atomic mass is 10.2. The third kappa shape index (κ3) is 5.57. The van der Waals surface area contributed by atoms with Crippen LogP contribution < -0.4 is 16.0 Å². The van der Waals surface area contributed by atoms with Gasteiger partial charge in [-0.2, -0.15) is 5.26 Å². The summed E-state index contributed by atoms with van der Waals surface area (Å²) in [6, 6.07) is 10.5. The average Bonchev–Trinajstić information content (AvgIpc) is 2.65. The molecular formula is C17H16ClN5O4. The van der Waals surface area contributed by atoms with Crippen LogP contribution in [-0.2, 0) is 4.79 Å². The van der Waals surface area contributed by atoms with E-state index in [0.717, 1.165) is 0 Å². The molecule has 0 radical (unpaired) electrons. The molecule has 0 heterocycles. The van der Waals surface area contributed by atoms with Gasteiger partial charge in [-0.15, -0.1) is 0 Å². The van der Waals surface area contributed by atoms with Crippen LogP contribution in [0.2, 0.25) is 5.02 Å². The topological polar surface area (TPSA) is 140 Å². The molecule has 0 aliphatic heterocycles. The van der Waals surface area contributed by atoms with Gasteiger partial charge in [0, 0.05) is 24.4 Å². The van der Waals surface area contributed by atoms with Crippen molar-refractivity contribution in [1.29, 1.82) is 5.26 Å². The Labute approximate surface area is 159 Å². The number of carbonyl (C=O) groups is 1.